The van der Waals surface area contributed by atoms with Crippen LogP contribution in [-0.2, 0) is 22.1 Å². The smallest absolute Gasteiger partial charge is 0.758 e. The molecule has 11 nitrogen and oxygen atoms in total. The summed E-state index contributed by atoms with van der Waals surface area (Å²) in [6.07, 6.45) is 10.2. The molecule has 3 N–H and O–H groups in total. The number of pyridine rings is 1. The van der Waals surface area contributed by atoms with E-state index in [2.05, 4.69) is 38.3 Å². The van der Waals surface area contributed by atoms with E-state index < -0.39 is 7.82 Å². The predicted octanol–water partition coefficient (Wildman–Crippen LogP) is -0.866. The Balaban J connectivity index is 0.000000735. The van der Waals surface area contributed by atoms with E-state index in [1.807, 2.05) is 6.07 Å². The van der Waals surface area contributed by atoms with Gasteiger partial charge in [0.2, 0.25) is 13.7 Å². The van der Waals surface area contributed by atoms with Crippen molar-refractivity contribution >= 4 is 13.4 Å². The van der Waals surface area contributed by atoms with Crippen LogP contribution in [0, 0.1) is 13.7 Å². The number of ether oxygens (including phenoxy) is 1. The number of hydrogen-bond acceptors (Lipinski definition) is 10. The van der Waals surface area contributed by atoms with Crippen molar-refractivity contribution in [1.82, 2.24) is 20.1 Å². The Morgan fingerprint density at radius 1 is 1.32 bits per heavy atom. The van der Waals surface area contributed by atoms with Crippen molar-refractivity contribution < 1.29 is 47.0 Å². The van der Waals surface area contributed by atoms with Gasteiger partial charge in [-0.3, -0.25) is 21.1 Å². The van der Waals surface area contributed by atoms with Crippen LogP contribution in [0.2, 0.25) is 0 Å². The zero-order chi connectivity index (χ0) is 24.3. The summed E-state index contributed by atoms with van der Waals surface area (Å²) in [4.78, 5) is 29.3. The number of nitrogens with zero attached hydrogens (tertiary/aromatic N) is 4. The topological polar surface area (TPSA) is 170 Å². The van der Waals surface area contributed by atoms with Crippen molar-refractivity contribution in [3.8, 4) is 5.88 Å². The molecule has 3 aromatic heterocycles. The Morgan fingerprint density at radius 3 is 2.59 bits per heavy atom. The number of allylic oxidation sites excluding steroid dienone is 3. The molecule has 0 saturated heterocycles. The van der Waals surface area contributed by atoms with E-state index >= 15 is 0 Å². The van der Waals surface area contributed by atoms with Gasteiger partial charge in [-0.05, 0) is 11.1 Å². The molecule has 0 radical (unpaired) electrons. The van der Waals surface area contributed by atoms with Crippen LogP contribution in [0.3, 0.4) is 0 Å². The van der Waals surface area contributed by atoms with Crippen LogP contribution >= 0.6 is 7.82 Å². The van der Waals surface area contributed by atoms with Gasteiger partial charge in [-0.15, -0.1) is 0 Å². The molecule has 0 aliphatic heterocycles. The second-order valence-corrected chi connectivity index (χ2v) is 7.44. The van der Waals surface area contributed by atoms with Crippen molar-refractivity contribution in [3.63, 3.8) is 0 Å². The van der Waals surface area contributed by atoms with Gasteiger partial charge in [0.1, 0.15) is 6.61 Å². The number of rotatable bonds is 9. The monoisotopic (exact) mass is 477 g/mol. The summed E-state index contributed by atoms with van der Waals surface area (Å²) in [5.74, 6) is 1.02. The van der Waals surface area contributed by atoms with Gasteiger partial charge in [0.05, 0.1) is 17.6 Å². The van der Waals surface area contributed by atoms with Crippen molar-refractivity contribution in [3.05, 3.63) is 104 Å². The van der Waals surface area contributed by atoms with Crippen LogP contribution in [0.15, 0.2) is 71.9 Å². The molecule has 3 aromatic rings. The van der Waals surface area contributed by atoms with Crippen LogP contribution < -0.4 is 34.2 Å². The minimum atomic E-state index is -4.51. The van der Waals surface area contributed by atoms with Gasteiger partial charge in [-0.2, -0.15) is 6.08 Å². The van der Waals surface area contributed by atoms with E-state index in [-0.39, 0.29) is 18.9 Å². The molecule has 0 fully saturated rings. The summed E-state index contributed by atoms with van der Waals surface area (Å²) in [6.45, 7) is 9.44. The molecule has 3 rings (SSSR count). The van der Waals surface area contributed by atoms with Gasteiger partial charge >= 0.3 is 18.9 Å². The molecule has 0 saturated carbocycles. The van der Waals surface area contributed by atoms with E-state index in [0.29, 0.717) is 35.9 Å². The van der Waals surface area contributed by atoms with Crippen LogP contribution in [0.5, 0.6) is 5.88 Å². The van der Waals surface area contributed by atoms with E-state index in [9.17, 15) is 9.46 Å². The average Bonchev–Trinajstić information content (AvgIpc) is 3.25. The summed E-state index contributed by atoms with van der Waals surface area (Å²) in [6, 6.07) is 5.51. The molecule has 0 amide bonds. The molecule has 1 unspecified atom stereocenters. The number of phosphoric ester groups is 1. The summed E-state index contributed by atoms with van der Waals surface area (Å²) in [7, 11) is -2.08. The maximum Gasteiger partial charge on any atom is 1.00 e. The third-order valence-corrected chi connectivity index (χ3v) is 4.09. The van der Waals surface area contributed by atoms with Crippen LogP contribution in [0.25, 0.3) is 5.57 Å². The molecule has 0 aliphatic rings. The molecule has 0 spiro atoms. The molecule has 34 heavy (non-hydrogen) atoms. The van der Waals surface area contributed by atoms with Gasteiger partial charge in [0.15, 0.2) is 5.76 Å². The predicted molar refractivity (Wildman–Crippen MR) is 116 cm³/mol. The standard InChI is InChI=1S/C20H18N5O2.CH4O4P.Li/c1-3-4-18(14(2)21)19-10-16(25-27-19)9-15-5-6-20(24-11-15)26-13-17-12-22-7-8-23-17;1-5-6(2,3)4;/h1,3-8,10-12H,2,9,13,21H2;1H2,(H2,2,3,4);/q2*-1;+1/p-1/b18-4+;;. The summed E-state index contributed by atoms with van der Waals surface area (Å²) >= 11 is 0. The first-order chi connectivity index (χ1) is 15.7. The molecule has 1 atom stereocenters. The first-order valence-electron chi connectivity index (χ1n) is 9.18. The molecule has 174 valence electrons. The summed E-state index contributed by atoms with van der Waals surface area (Å²) in [5.41, 5.74) is 9.13. The first-order valence-corrected chi connectivity index (χ1v) is 10.7. The molecule has 0 aromatic carbocycles. The number of hydrogen-bond donors (Lipinski definition) is 2. The third-order valence-electron chi connectivity index (χ3n) is 3.76. The minimum absolute atomic E-state index is 0. The number of aromatic nitrogens is 4. The maximum atomic E-state index is 9.30. The Morgan fingerprint density at radius 2 is 2.06 bits per heavy atom. The van der Waals surface area contributed by atoms with Crippen LogP contribution in [0.1, 0.15) is 22.7 Å². The third kappa shape index (κ3) is 10.3. The molecular formula is C21H21LiN5O6P-2. The fourth-order valence-electron chi connectivity index (χ4n) is 2.33. The second kappa shape index (κ2) is 14.3. The quantitative estimate of drug-likeness (QED) is 0.170. The number of nitrogens with two attached hydrogens (primary N) is 1. The largest absolute Gasteiger partial charge is 1.00 e. The average molecular weight is 477 g/mol. The zero-order valence-electron chi connectivity index (χ0n) is 18.4. The Kier molecular flexibility index (Phi) is 12.2. The van der Waals surface area contributed by atoms with Gasteiger partial charge in [-0.1, -0.05) is 17.8 Å². The molecular weight excluding hydrogens is 456 g/mol. The number of phosphoric acid groups is 1. The Bertz CT molecular complexity index is 1130. The van der Waals surface area contributed by atoms with Gasteiger partial charge in [0.25, 0.3) is 0 Å². The minimum Gasteiger partial charge on any atom is -0.758 e. The van der Waals surface area contributed by atoms with E-state index in [1.54, 1.807) is 43.0 Å². The first kappa shape index (κ1) is 29.0. The van der Waals surface area contributed by atoms with E-state index in [4.69, 9.17) is 26.5 Å². The zero-order valence-corrected chi connectivity index (χ0v) is 19.3. The fourth-order valence-corrected chi connectivity index (χ4v) is 2.33. The van der Waals surface area contributed by atoms with Crippen molar-refractivity contribution in [2.75, 3.05) is 0 Å². The van der Waals surface area contributed by atoms with Gasteiger partial charge < -0.3 is 29.3 Å². The van der Waals surface area contributed by atoms with Crippen molar-refractivity contribution in [2.24, 2.45) is 5.73 Å². The van der Waals surface area contributed by atoms with E-state index in [1.165, 1.54) is 6.08 Å². The normalized spacial score (nSPS) is 12.4. The Hall–Kier alpha value is -3.03. The van der Waals surface area contributed by atoms with Gasteiger partial charge in [-0.25, -0.2) is 18.2 Å². The Labute approximate surface area is 208 Å². The van der Waals surface area contributed by atoms with Crippen LogP contribution in [-0.4, -0.2) is 25.0 Å². The summed E-state index contributed by atoms with van der Waals surface area (Å²) < 4.78 is 23.5. The summed E-state index contributed by atoms with van der Waals surface area (Å²) in [5, 5.41) is 4.05. The fraction of sp³-hybridized carbons (Fsp3) is 0.0952. The molecule has 3 heterocycles. The SMILES string of the molecule is [CH-]=C/C=C(\C(=C)N)c1cc(Cc2ccc(OCc3cnccn3)nc2)no1.[CH2-]OP(=O)([O-])O.[Li+]. The van der Waals surface area contributed by atoms with Crippen molar-refractivity contribution in [2.45, 2.75) is 13.0 Å². The molecule has 13 heteroatoms. The van der Waals surface area contributed by atoms with Gasteiger partial charge in [0, 0.05) is 42.8 Å². The van der Waals surface area contributed by atoms with Crippen LogP contribution in [0.4, 0.5) is 0 Å². The second-order valence-electron chi connectivity index (χ2n) is 6.25. The van der Waals surface area contributed by atoms with Crippen molar-refractivity contribution in [1.29, 1.82) is 0 Å². The van der Waals surface area contributed by atoms with E-state index in [0.717, 1.165) is 17.0 Å². The molecule has 0 bridgehead atoms. The molecule has 0 aliphatic carbocycles. The maximum absolute atomic E-state index is 9.30.